The van der Waals surface area contributed by atoms with Crippen molar-refractivity contribution in [2.75, 3.05) is 20.8 Å². The summed E-state index contributed by atoms with van der Waals surface area (Å²) in [7, 11) is 2.52. The van der Waals surface area contributed by atoms with Gasteiger partial charge in [-0.25, -0.2) is 0 Å². The third kappa shape index (κ3) is 4.00. The Bertz CT molecular complexity index is 612. The molecule has 0 bridgehead atoms. The Morgan fingerprint density at radius 3 is 2.28 bits per heavy atom. The third-order valence-corrected chi connectivity index (χ3v) is 5.13. The molecule has 1 amide bonds. The number of esters is 2. The van der Waals surface area contributed by atoms with Gasteiger partial charge in [0.1, 0.15) is 0 Å². The zero-order valence-corrected chi connectivity index (χ0v) is 14.9. The molecule has 2 atom stereocenters. The van der Waals surface area contributed by atoms with Crippen LogP contribution in [0, 0.1) is 17.3 Å². The number of hydrogen-bond acceptors (Lipinski definition) is 5. The van der Waals surface area contributed by atoms with Crippen molar-refractivity contribution in [3.05, 3.63) is 35.9 Å². The van der Waals surface area contributed by atoms with Crippen LogP contribution in [0.2, 0.25) is 0 Å². The van der Waals surface area contributed by atoms with E-state index in [0.717, 1.165) is 5.56 Å². The summed E-state index contributed by atoms with van der Waals surface area (Å²) in [6.07, 6.45) is 1.56. The van der Waals surface area contributed by atoms with E-state index in [1.54, 1.807) is 6.92 Å². The quantitative estimate of drug-likeness (QED) is 0.600. The number of methoxy groups -OCH3 is 2. The van der Waals surface area contributed by atoms with Crippen molar-refractivity contribution in [1.29, 1.82) is 0 Å². The molecule has 0 saturated carbocycles. The molecule has 1 aliphatic heterocycles. The Balaban J connectivity index is 2.32. The van der Waals surface area contributed by atoms with Crippen LogP contribution in [0.3, 0.4) is 0 Å². The molecule has 1 aromatic carbocycles. The molecule has 0 spiro atoms. The molecule has 1 saturated heterocycles. The summed E-state index contributed by atoms with van der Waals surface area (Å²) in [6.45, 7) is 2.00. The minimum Gasteiger partial charge on any atom is -0.468 e. The Labute approximate surface area is 147 Å². The zero-order chi connectivity index (χ0) is 18.4. The summed E-state index contributed by atoms with van der Waals surface area (Å²) in [5.74, 6) is -1.81. The van der Waals surface area contributed by atoms with Gasteiger partial charge >= 0.3 is 11.9 Å². The van der Waals surface area contributed by atoms with Crippen LogP contribution in [0.25, 0.3) is 0 Å². The number of rotatable bonds is 7. The smallest absolute Gasteiger partial charge is 0.323 e. The molecule has 6 heteroatoms. The number of aryl methyl sites for hydroxylation is 1. The van der Waals surface area contributed by atoms with Gasteiger partial charge in [-0.15, -0.1) is 0 Å². The lowest BCUT2D eigenvalue weighted by molar-refractivity contribution is -0.174. The van der Waals surface area contributed by atoms with Crippen LogP contribution in [-0.4, -0.2) is 38.6 Å². The first-order valence-corrected chi connectivity index (χ1v) is 8.41. The molecule has 1 heterocycles. The van der Waals surface area contributed by atoms with Crippen LogP contribution < -0.4 is 5.32 Å². The average Bonchev–Trinajstić information content (AvgIpc) is 3.06. The maximum absolute atomic E-state index is 12.5. The number of amides is 1. The number of nitrogens with one attached hydrogen (secondary N) is 1. The lowest BCUT2D eigenvalue weighted by Gasteiger charge is -2.36. The average molecular weight is 347 g/mol. The summed E-state index contributed by atoms with van der Waals surface area (Å²) >= 11 is 0. The molecular formula is C19H25NO5. The largest absolute Gasteiger partial charge is 0.468 e. The highest BCUT2D eigenvalue weighted by Crippen LogP contribution is 2.41. The Kier molecular flexibility index (Phi) is 6.17. The second kappa shape index (κ2) is 8.14. The van der Waals surface area contributed by atoms with Gasteiger partial charge in [0.05, 0.1) is 14.2 Å². The monoisotopic (exact) mass is 347 g/mol. The molecule has 1 N–H and O–H groups in total. The number of ether oxygens (including phenoxy) is 2. The maximum Gasteiger partial charge on any atom is 0.323 e. The standard InChI is InChI=1S/C19H25NO5/c1-19(17(22)24-2,18(23)25-3)15(14-11-16(21)20-12-14)10-9-13-7-5-4-6-8-13/h4-8,14-15H,9-12H2,1-3H3,(H,20,21)/t14-,15+/m1/s1. The molecule has 136 valence electrons. The van der Waals surface area contributed by atoms with E-state index in [4.69, 9.17) is 9.47 Å². The van der Waals surface area contributed by atoms with Gasteiger partial charge in [-0.1, -0.05) is 30.3 Å². The molecule has 0 radical (unpaired) electrons. The van der Waals surface area contributed by atoms with Crippen molar-refractivity contribution in [3.8, 4) is 0 Å². The molecule has 1 aliphatic rings. The summed E-state index contributed by atoms with van der Waals surface area (Å²) in [6, 6.07) is 9.84. The molecule has 25 heavy (non-hydrogen) atoms. The molecule has 1 aromatic rings. The van der Waals surface area contributed by atoms with Crippen molar-refractivity contribution in [3.63, 3.8) is 0 Å². The topological polar surface area (TPSA) is 81.7 Å². The van der Waals surface area contributed by atoms with Crippen LogP contribution in [0.5, 0.6) is 0 Å². The minimum atomic E-state index is -1.45. The molecule has 6 nitrogen and oxygen atoms in total. The predicted molar refractivity (Wildman–Crippen MR) is 91.5 cm³/mol. The summed E-state index contributed by atoms with van der Waals surface area (Å²) in [5, 5.41) is 2.79. The normalized spacial score (nSPS) is 18.4. The summed E-state index contributed by atoms with van der Waals surface area (Å²) in [5.41, 5.74) is -0.336. The van der Waals surface area contributed by atoms with Crippen molar-refractivity contribution in [2.24, 2.45) is 17.3 Å². The van der Waals surface area contributed by atoms with Crippen molar-refractivity contribution in [1.82, 2.24) is 5.32 Å². The Hall–Kier alpha value is -2.37. The molecule has 0 aliphatic carbocycles. The molecule has 2 rings (SSSR count). The minimum absolute atomic E-state index is 0.0632. The highest BCUT2D eigenvalue weighted by atomic mass is 16.5. The maximum atomic E-state index is 12.5. The fraction of sp³-hybridized carbons (Fsp3) is 0.526. The number of carbonyl (C=O) groups is 3. The highest BCUT2D eigenvalue weighted by Gasteiger charge is 2.53. The first-order valence-electron chi connectivity index (χ1n) is 8.41. The lowest BCUT2D eigenvalue weighted by atomic mass is 9.67. The SMILES string of the molecule is COC(=O)C(C)(C(=O)OC)[C@@H](CCc1ccccc1)[C@H]1CNC(=O)C1. The Morgan fingerprint density at radius 1 is 1.20 bits per heavy atom. The zero-order valence-electron chi connectivity index (χ0n) is 14.9. The second-order valence-electron chi connectivity index (χ2n) is 6.58. The van der Waals surface area contributed by atoms with E-state index < -0.39 is 17.4 Å². The van der Waals surface area contributed by atoms with Crippen molar-refractivity contribution >= 4 is 17.8 Å². The van der Waals surface area contributed by atoms with Gasteiger partial charge in [-0.3, -0.25) is 14.4 Å². The van der Waals surface area contributed by atoms with Crippen LogP contribution >= 0.6 is 0 Å². The van der Waals surface area contributed by atoms with E-state index in [-0.39, 0.29) is 17.7 Å². The first-order chi connectivity index (χ1) is 11.9. The van der Waals surface area contributed by atoms with Gasteiger partial charge in [-0.05, 0) is 37.2 Å². The molecular weight excluding hydrogens is 322 g/mol. The molecule has 0 aromatic heterocycles. The predicted octanol–water partition coefficient (Wildman–Crippen LogP) is 1.72. The van der Waals surface area contributed by atoms with E-state index in [9.17, 15) is 14.4 Å². The molecule has 0 unspecified atom stereocenters. The van der Waals surface area contributed by atoms with Gasteiger partial charge < -0.3 is 14.8 Å². The summed E-state index contributed by atoms with van der Waals surface area (Å²) in [4.78, 5) is 36.7. The van der Waals surface area contributed by atoms with Gasteiger partial charge in [0.2, 0.25) is 5.91 Å². The fourth-order valence-electron chi connectivity index (χ4n) is 3.68. The Morgan fingerprint density at radius 2 is 1.80 bits per heavy atom. The highest BCUT2D eigenvalue weighted by molar-refractivity contribution is 6.00. The van der Waals surface area contributed by atoms with Gasteiger partial charge in [0.15, 0.2) is 5.41 Å². The van der Waals surface area contributed by atoms with E-state index in [1.807, 2.05) is 30.3 Å². The van der Waals surface area contributed by atoms with Crippen LogP contribution in [-0.2, 0) is 30.3 Å². The number of benzene rings is 1. The van der Waals surface area contributed by atoms with E-state index in [1.165, 1.54) is 14.2 Å². The van der Waals surface area contributed by atoms with Crippen molar-refractivity contribution in [2.45, 2.75) is 26.2 Å². The van der Waals surface area contributed by atoms with Gasteiger partial charge in [0, 0.05) is 13.0 Å². The number of hydrogen-bond donors (Lipinski definition) is 1. The van der Waals surface area contributed by atoms with Gasteiger partial charge in [-0.2, -0.15) is 0 Å². The van der Waals surface area contributed by atoms with Gasteiger partial charge in [0.25, 0.3) is 0 Å². The third-order valence-electron chi connectivity index (χ3n) is 5.13. The van der Waals surface area contributed by atoms with Crippen molar-refractivity contribution < 1.29 is 23.9 Å². The number of carbonyl (C=O) groups excluding carboxylic acids is 3. The second-order valence-corrected chi connectivity index (χ2v) is 6.58. The summed E-state index contributed by atoms with van der Waals surface area (Å²) < 4.78 is 9.83. The van der Waals surface area contributed by atoms with E-state index in [0.29, 0.717) is 25.8 Å². The van der Waals surface area contributed by atoms with Crippen LogP contribution in [0.15, 0.2) is 30.3 Å². The van der Waals surface area contributed by atoms with Crippen LogP contribution in [0.4, 0.5) is 0 Å². The van der Waals surface area contributed by atoms with E-state index in [2.05, 4.69) is 5.32 Å². The van der Waals surface area contributed by atoms with E-state index >= 15 is 0 Å². The first kappa shape index (κ1) is 19.0. The van der Waals surface area contributed by atoms with Crippen LogP contribution in [0.1, 0.15) is 25.3 Å². The fourth-order valence-corrected chi connectivity index (χ4v) is 3.68. The lowest BCUT2D eigenvalue weighted by Crippen LogP contribution is -2.48. The molecule has 1 fully saturated rings.